The van der Waals surface area contributed by atoms with E-state index in [0.29, 0.717) is 19.6 Å². The van der Waals surface area contributed by atoms with Crippen molar-refractivity contribution in [3.8, 4) is 0 Å². The predicted molar refractivity (Wildman–Crippen MR) is 48.8 cm³/mol. The number of nitrogens with zero attached hydrogens (tertiary/aromatic N) is 1. The Hall–Kier alpha value is -1.10. The topological polar surface area (TPSA) is 66.8 Å². The second kappa shape index (κ2) is 4.95. The summed E-state index contributed by atoms with van der Waals surface area (Å²) in [6.45, 7) is 2.45. The van der Waals surface area contributed by atoms with Gasteiger partial charge in [-0.2, -0.15) is 0 Å². The van der Waals surface area contributed by atoms with Crippen molar-refractivity contribution in [1.82, 2.24) is 4.90 Å². The normalized spacial score (nSPS) is 22.3. The third kappa shape index (κ3) is 2.45. The first-order valence-corrected chi connectivity index (χ1v) is 4.74. The summed E-state index contributed by atoms with van der Waals surface area (Å²) in [5.41, 5.74) is 0. The first kappa shape index (κ1) is 11.0. The van der Waals surface area contributed by atoms with E-state index in [9.17, 15) is 9.59 Å². The quantitative estimate of drug-likeness (QED) is 0.684. The van der Waals surface area contributed by atoms with Gasteiger partial charge < -0.3 is 14.7 Å². The summed E-state index contributed by atoms with van der Waals surface area (Å²) in [5, 5.41) is 8.83. The number of amides is 1. The second-order valence-corrected chi connectivity index (χ2v) is 3.25. The average molecular weight is 201 g/mol. The maximum Gasteiger partial charge on any atom is 0.410 e. The maximum absolute atomic E-state index is 11.3. The number of aliphatic hydroxyl groups excluding tert-OH is 1. The average Bonchev–Trinajstić information content (AvgIpc) is 2.18. The number of likely N-dealkylation sites (tertiary alicyclic amines) is 1. The third-order valence-corrected chi connectivity index (χ3v) is 2.30. The fourth-order valence-electron chi connectivity index (χ4n) is 1.43. The van der Waals surface area contributed by atoms with E-state index in [2.05, 4.69) is 0 Å². The van der Waals surface area contributed by atoms with Crippen LogP contribution in [-0.4, -0.2) is 48.2 Å². The number of hydrogen-bond acceptors (Lipinski definition) is 4. The van der Waals surface area contributed by atoms with Crippen LogP contribution >= 0.6 is 0 Å². The molecule has 1 rings (SSSR count). The summed E-state index contributed by atoms with van der Waals surface area (Å²) >= 11 is 0. The van der Waals surface area contributed by atoms with Crippen LogP contribution in [0, 0.1) is 5.92 Å². The molecule has 1 aliphatic rings. The number of ether oxygens (including phenoxy) is 1. The molecule has 1 heterocycles. The number of ketones is 1. The van der Waals surface area contributed by atoms with Gasteiger partial charge in [-0.15, -0.1) is 0 Å². The SMILES string of the molecule is CCOC(=O)N1CCC(CO)C(=O)C1. The summed E-state index contributed by atoms with van der Waals surface area (Å²) in [7, 11) is 0. The van der Waals surface area contributed by atoms with Crippen LogP contribution < -0.4 is 0 Å². The lowest BCUT2D eigenvalue weighted by atomic mass is 9.97. The van der Waals surface area contributed by atoms with Crippen LogP contribution in [0.3, 0.4) is 0 Å². The van der Waals surface area contributed by atoms with Crippen molar-refractivity contribution >= 4 is 11.9 Å². The molecule has 1 aliphatic heterocycles. The Kier molecular flexibility index (Phi) is 3.88. The molecule has 0 aromatic heterocycles. The van der Waals surface area contributed by atoms with Crippen LogP contribution in [0.15, 0.2) is 0 Å². The fourth-order valence-corrected chi connectivity index (χ4v) is 1.43. The van der Waals surface area contributed by atoms with E-state index >= 15 is 0 Å². The van der Waals surface area contributed by atoms with Crippen LogP contribution in [0.4, 0.5) is 4.79 Å². The van der Waals surface area contributed by atoms with Crippen molar-refractivity contribution in [1.29, 1.82) is 0 Å². The van der Waals surface area contributed by atoms with E-state index in [1.165, 1.54) is 4.90 Å². The minimum Gasteiger partial charge on any atom is -0.450 e. The molecule has 1 fully saturated rings. The highest BCUT2D eigenvalue weighted by Crippen LogP contribution is 2.13. The highest BCUT2D eigenvalue weighted by atomic mass is 16.6. The number of carbonyl (C=O) groups is 2. The Bertz CT molecular complexity index is 227. The lowest BCUT2D eigenvalue weighted by Crippen LogP contribution is -2.45. The molecular weight excluding hydrogens is 186 g/mol. The molecule has 0 aromatic carbocycles. The summed E-state index contributed by atoms with van der Waals surface area (Å²) in [4.78, 5) is 23.9. The molecule has 1 atom stereocenters. The van der Waals surface area contributed by atoms with Crippen molar-refractivity contribution in [3.63, 3.8) is 0 Å². The molecule has 0 aromatic rings. The van der Waals surface area contributed by atoms with Crippen LogP contribution in [0.25, 0.3) is 0 Å². The van der Waals surface area contributed by atoms with Crippen molar-refractivity contribution < 1.29 is 19.4 Å². The van der Waals surface area contributed by atoms with Crippen LogP contribution in [0.2, 0.25) is 0 Å². The molecule has 0 radical (unpaired) electrons. The summed E-state index contributed by atoms with van der Waals surface area (Å²) in [6.07, 6.45) is 0.0750. The monoisotopic (exact) mass is 201 g/mol. The molecule has 0 aliphatic carbocycles. The number of Topliss-reactive ketones (excluding diaryl/α,β-unsaturated/α-hetero) is 1. The number of rotatable bonds is 2. The predicted octanol–water partition coefficient (Wildman–Crippen LogP) is 0.0262. The molecule has 1 N–H and O–H groups in total. The van der Waals surface area contributed by atoms with E-state index in [1.807, 2.05) is 0 Å². The second-order valence-electron chi connectivity index (χ2n) is 3.25. The smallest absolute Gasteiger partial charge is 0.410 e. The van der Waals surface area contributed by atoms with E-state index in [0.717, 1.165) is 0 Å². The first-order chi connectivity index (χ1) is 6.69. The van der Waals surface area contributed by atoms with Gasteiger partial charge in [-0.25, -0.2) is 4.79 Å². The molecule has 1 amide bonds. The lowest BCUT2D eigenvalue weighted by Gasteiger charge is -2.28. The van der Waals surface area contributed by atoms with Gasteiger partial charge in [-0.05, 0) is 13.3 Å². The summed E-state index contributed by atoms with van der Waals surface area (Å²) in [6, 6.07) is 0. The van der Waals surface area contributed by atoms with Gasteiger partial charge in [0.2, 0.25) is 0 Å². The van der Waals surface area contributed by atoms with Crippen molar-refractivity contribution in [3.05, 3.63) is 0 Å². The zero-order valence-corrected chi connectivity index (χ0v) is 8.23. The molecule has 5 heteroatoms. The van der Waals surface area contributed by atoms with E-state index in [-0.39, 0.29) is 24.9 Å². The van der Waals surface area contributed by atoms with Gasteiger partial charge in [-0.1, -0.05) is 0 Å². The van der Waals surface area contributed by atoms with Crippen molar-refractivity contribution in [2.45, 2.75) is 13.3 Å². The van der Waals surface area contributed by atoms with Crippen LogP contribution in [-0.2, 0) is 9.53 Å². The zero-order chi connectivity index (χ0) is 10.6. The van der Waals surface area contributed by atoms with E-state index in [4.69, 9.17) is 9.84 Å². The number of hydrogen-bond donors (Lipinski definition) is 1. The van der Waals surface area contributed by atoms with Gasteiger partial charge in [0.1, 0.15) is 0 Å². The Morgan fingerprint density at radius 2 is 2.43 bits per heavy atom. The molecule has 0 spiro atoms. The molecule has 0 saturated carbocycles. The first-order valence-electron chi connectivity index (χ1n) is 4.74. The van der Waals surface area contributed by atoms with Gasteiger partial charge >= 0.3 is 6.09 Å². The maximum atomic E-state index is 11.3. The van der Waals surface area contributed by atoms with Gasteiger partial charge in [-0.3, -0.25) is 4.79 Å². The van der Waals surface area contributed by atoms with Gasteiger partial charge in [0.05, 0.1) is 19.8 Å². The van der Waals surface area contributed by atoms with Gasteiger partial charge in [0.25, 0.3) is 0 Å². The Balaban J connectivity index is 2.46. The molecule has 1 saturated heterocycles. The molecule has 14 heavy (non-hydrogen) atoms. The largest absolute Gasteiger partial charge is 0.450 e. The van der Waals surface area contributed by atoms with Crippen LogP contribution in [0.5, 0.6) is 0 Å². The van der Waals surface area contributed by atoms with Crippen molar-refractivity contribution in [2.24, 2.45) is 5.92 Å². The van der Waals surface area contributed by atoms with E-state index in [1.54, 1.807) is 6.92 Å². The van der Waals surface area contributed by atoms with Crippen LogP contribution in [0.1, 0.15) is 13.3 Å². The number of aliphatic hydroxyl groups is 1. The minimum absolute atomic E-state index is 0.0596. The molecule has 1 unspecified atom stereocenters. The van der Waals surface area contributed by atoms with E-state index < -0.39 is 6.09 Å². The van der Waals surface area contributed by atoms with Gasteiger partial charge in [0.15, 0.2) is 5.78 Å². The van der Waals surface area contributed by atoms with Crippen molar-refractivity contribution in [2.75, 3.05) is 26.3 Å². The Morgan fingerprint density at radius 3 is 2.93 bits per heavy atom. The number of carbonyl (C=O) groups excluding carboxylic acids is 2. The molecule has 5 nitrogen and oxygen atoms in total. The molecule has 0 bridgehead atoms. The highest BCUT2D eigenvalue weighted by Gasteiger charge is 2.29. The number of piperidine rings is 1. The third-order valence-electron chi connectivity index (χ3n) is 2.30. The Labute approximate surface area is 82.6 Å². The standard InChI is InChI=1S/C9H15NO4/c1-2-14-9(13)10-4-3-7(6-11)8(12)5-10/h7,11H,2-6H2,1H3. The summed E-state index contributed by atoms with van der Waals surface area (Å²) in [5.74, 6) is -0.396. The van der Waals surface area contributed by atoms with Gasteiger partial charge in [0, 0.05) is 12.5 Å². The highest BCUT2D eigenvalue weighted by molar-refractivity contribution is 5.87. The molecular formula is C9H15NO4. The lowest BCUT2D eigenvalue weighted by molar-refractivity contribution is -0.127. The fraction of sp³-hybridized carbons (Fsp3) is 0.778. The Morgan fingerprint density at radius 1 is 1.71 bits per heavy atom. The summed E-state index contributed by atoms with van der Waals surface area (Å²) < 4.78 is 4.77. The zero-order valence-electron chi connectivity index (χ0n) is 8.23. The molecule has 80 valence electrons. The minimum atomic E-state index is -0.447.